The summed E-state index contributed by atoms with van der Waals surface area (Å²) in [5.74, 6) is -0.683. The Kier molecular flexibility index (Phi) is 5.05. The number of carbonyl (C=O) groups is 1. The summed E-state index contributed by atoms with van der Waals surface area (Å²) < 4.78 is 37.5. The Morgan fingerprint density at radius 3 is 2.59 bits per heavy atom. The molecule has 2 aromatic heterocycles. The highest BCUT2D eigenvalue weighted by atomic mass is 32.2. The van der Waals surface area contributed by atoms with Gasteiger partial charge < -0.3 is 18.6 Å². The number of carbonyl (C=O) groups excluding carboxylic acids is 1. The third-order valence-corrected chi connectivity index (χ3v) is 8.26. The second-order valence-corrected chi connectivity index (χ2v) is 10.9. The molecule has 10 heteroatoms. The molecule has 0 saturated heterocycles. The highest BCUT2D eigenvalue weighted by molar-refractivity contribution is 7.87. The van der Waals surface area contributed by atoms with Crippen LogP contribution in [0.5, 0.6) is 5.75 Å². The molecule has 0 saturated carbocycles. The van der Waals surface area contributed by atoms with Crippen LogP contribution < -0.4 is 9.74 Å². The number of hydrogen-bond donors (Lipinski definition) is 1. The zero-order valence-electron chi connectivity index (χ0n) is 20.0. The third-order valence-electron chi connectivity index (χ3n) is 7.00. The minimum absolute atomic E-state index is 0.0418. The summed E-state index contributed by atoms with van der Waals surface area (Å²) in [4.78, 5) is 30.4. The Morgan fingerprint density at radius 1 is 1.11 bits per heavy atom. The molecule has 1 N–H and O–H groups in total. The van der Waals surface area contributed by atoms with E-state index in [4.69, 9.17) is 13.9 Å². The minimum atomic E-state index is -4.04. The van der Waals surface area contributed by atoms with E-state index in [0.29, 0.717) is 16.9 Å². The van der Waals surface area contributed by atoms with Crippen LogP contribution in [0, 0.1) is 6.92 Å². The van der Waals surface area contributed by atoms with Gasteiger partial charge in [-0.2, -0.15) is 8.42 Å². The van der Waals surface area contributed by atoms with Gasteiger partial charge in [0.05, 0.1) is 29.0 Å². The number of fused-ring (bicyclic) bond motifs is 5. The van der Waals surface area contributed by atoms with Crippen molar-refractivity contribution in [3.63, 3.8) is 0 Å². The number of esters is 1. The van der Waals surface area contributed by atoms with Gasteiger partial charge in [-0.3, -0.25) is 4.79 Å². The van der Waals surface area contributed by atoms with Crippen molar-refractivity contribution in [2.24, 2.45) is 0 Å². The van der Waals surface area contributed by atoms with Crippen LogP contribution in [0.4, 0.5) is 0 Å². The molecule has 4 heterocycles. The molecule has 2 aliphatic rings. The summed E-state index contributed by atoms with van der Waals surface area (Å²) in [5.41, 5.74) is 1.41. The van der Waals surface area contributed by atoms with Crippen LogP contribution in [-0.2, 0) is 38.4 Å². The molecule has 0 fully saturated rings. The lowest BCUT2D eigenvalue weighted by Crippen LogP contribution is -2.44. The fourth-order valence-electron chi connectivity index (χ4n) is 4.89. The normalized spacial score (nSPS) is 18.2. The summed E-state index contributed by atoms with van der Waals surface area (Å²) in [5, 5.41) is 11.8. The summed E-state index contributed by atoms with van der Waals surface area (Å²) in [6, 6.07) is 14.7. The zero-order valence-corrected chi connectivity index (χ0v) is 20.8. The van der Waals surface area contributed by atoms with Crippen molar-refractivity contribution in [1.29, 1.82) is 0 Å². The van der Waals surface area contributed by atoms with Crippen LogP contribution in [0.1, 0.15) is 35.6 Å². The predicted octanol–water partition coefficient (Wildman–Crippen LogP) is 3.16. The van der Waals surface area contributed by atoms with Gasteiger partial charge in [0.2, 0.25) is 0 Å². The molecule has 0 aliphatic carbocycles. The average molecular weight is 519 g/mol. The van der Waals surface area contributed by atoms with E-state index in [0.717, 1.165) is 16.5 Å². The molecule has 4 aromatic rings. The van der Waals surface area contributed by atoms with E-state index in [1.807, 2.05) is 13.0 Å². The first-order valence-corrected chi connectivity index (χ1v) is 13.1. The maximum Gasteiger partial charge on any atom is 0.343 e. The summed E-state index contributed by atoms with van der Waals surface area (Å²) >= 11 is 0. The quantitative estimate of drug-likeness (QED) is 0.284. The first kappa shape index (κ1) is 23.4. The van der Waals surface area contributed by atoms with Crippen LogP contribution in [-0.4, -0.2) is 29.0 Å². The number of ether oxygens (including phenoxy) is 1. The van der Waals surface area contributed by atoms with Crippen LogP contribution in [0.2, 0.25) is 0 Å². The molecule has 9 nitrogen and oxygen atoms in total. The van der Waals surface area contributed by atoms with Gasteiger partial charge >= 0.3 is 16.1 Å². The Morgan fingerprint density at radius 2 is 1.86 bits per heavy atom. The molecule has 0 radical (unpaired) electrons. The van der Waals surface area contributed by atoms with Crippen molar-refractivity contribution >= 4 is 27.0 Å². The maximum atomic E-state index is 13.3. The van der Waals surface area contributed by atoms with Crippen molar-refractivity contribution in [2.75, 3.05) is 0 Å². The molecular formula is C27H22N2O7S. The van der Waals surface area contributed by atoms with E-state index in [-0.39, 0.29) is 46.9 Å². The zero-order chi connectivity index (χ0) is 26.1. The molecule has 37 heavy (non-hydrogen) atoms. The number of cyclic esters (lactones) is 1. The molecule has 1 atom stereocenters. The van der Waals surface area contributed by atoms with Gasteiger partial charge in [0.15, 0.2) is 5.60 Å². The van der Waals surface area contributed by atoms with E-state index >= 15 is 0 Å². The van der Waals surface area contributed by atoms with Gasteiger partial charge in [0.25, 0.3) is 5.56 Å². The van der Waals surface area contributed by atoms with Crippen LogP contribution in [0.25, 0.3) is 22.3 Å². The average Bonchev–Trinajstić information content (AvgIpc) is 3.23. The highest BCUT2D eigenvalue weighted by Crippen LogP contribution is 2.39. The Balaban J connectivity index is 1.44. The van der Waals surface area contributed by atoms with E-state index in [9.17, 15) is 23.1 Å². The largest absolute Gasteiger partial charge is 0.458 e. The number of nitrogens with zero attached hydrogens (tertiary/aromatic N) is 2. The number of aromatic nitrogens is 2. The van der Waals surface area contributed by atoms with Gasteiger partial charge in [-0.1, -0.05) is 24.6 Å². The topological polar surface area (TPSA) is 125 Å². The fraction of sp³-hybridized carbons (Fsp3) is 0.222. The molecule has 0 amide bonds. The van der Waals surface area contributed by atoms with E-state index in [2.05, 4.69) is 0 Å². The second-order valence-electron chi connectivity index (χ2n) is 9.30. The van der Waals surface area contributed by atoms with E-state index < -0.39 is 21.7 Å². The summed E-state index contributed by atoms with van der Waals surface area (Å²) in [6.45, 7) is 3.59. The van der Waals surface area contributed by atoms with Gasteiger partial charge in [0, 0.05) is 22.6 Å². The molecule has 2 aromatic carbocycles. The first-order valence-electron chi connectivity index (χ1n) is 11.7. The van der Waals surface area contributed by atoms with Crippen molar-refractivity contribution < 1.29 is 27.2 Å². The standard InChI is InChI=1S/C27H22N2O7S/c1-3-27(32)21-12-23-24-17(13-29(23)25(30)20(21)14-35-26(27)31)10-16-6-7-18(11-22(16)28-24)36-37(33,34)19-8-4-15(2)5-9-19/h4-12,32H,3,13-14H2,1-2H3/t27-/m0/s1. The number of benzene rings is 2. The molecule has 188 valence electrons. The Hall–Kier alpha value is -4.02. The lowest BCUT2D eigenvalue weighted by Gasteiger charge is -2.31. The highest BCUT2D eigenvalue weighted by Gasteiger charge is 2.45. The van der Waals surface area contributed by atoms with Gasteiger partial charge in [0.1, 0.15) is 17.3 Å². The van der Waals surface area contributed by atoms with Gasteiger partial charge in [-0.25, -0.2) is 9.78 Å². The van der Waals surface area contributed by atoms with E-state index in [1.165, 1.54) is 18.2 Å². The molecule has 0 spiro atoms. The molecule has 6 rings (SSSR count). The minimum Gasteiger partial charge on any atom is -0.458 e. The SMILES string of the molecule is CC[C@@]1(O)C(=O)OCc2c1cc1n(c2=O)Cc2cc3ccc(OS(=O)(=O)c4ccc(C)cc4)cc3nc2-1. The number of pyridine rings is 2. The third kappa shape index (κ3) is 3.55. The number of aryl methyl sites for hydroxylation is 1. The number of rotatable bonds is 4. The first-order chi connectivity index (χ1) is 17.6. The fourth-order valence-corrected chi connectivity index (χ4v) is 5.81. The van der Waals surface area contributed by atoms with Gasteiger partial charge in [-0.15, -0.1) is 0 Å². The van der Waals surface area contributed by atoms with Gasteiger partial charge in [-0.05, 0) is 49.7 Å². The molecule has 0 bridgehead atoms. The van der Waals surface area contributed by atoms with Crippen LogP contribution in [0.3, 0.4) is 0 Å². The Labute approximate surface area is 212 Å². The molecule has 2 aliphatic heterocycles. The molecule has 0 unspecified atom stereocenters. The van der Waals surface area contributed by atoms with Crippen LogP contribution >= 0.6 is 0 Å². The van der Waals surface area contributed by atoms with Crippen molar-refractivity contribution in [1.82, 2.24) is 9.55 Å². The summed E-state index contributed by atoms with van der Waals surface area (Å²) in [6.07, 6.45) is 0.0515. The number of hydrogen-bond acceptors (Lipinski definition) is 8. The predicted molar refractivity (Wildman–Crippen MR) is 134 cm³/mol. The maximum absolute atomic E-state index is 13.3. The van der Waals surface area contributed by atoms with Crippen molar-refractivity contribution in [3.8, 4) is 17.1 Å². The number of aliphatic hydroxyl groups is 1. The monoisotopic (exact) mass is 518 g/mol. The lowest BCUT2D eigenvalue weighted by atomic mass is 9.86. The lowest BCUT2D eigenvalue weighted by molar-refractivity contribution is -0.172. The molecular weight excluding hydrogens is 496 g/mol. The van der Waals surface area contributed by atoms with Crippen LogP contribution in [0.15, 0.2) is 64.3 Å². The van der Waals surface area contributed by atoms with E-state index in [1.54, 1.807) is 41.8 Å². The Bertz CT molecular complexity index is 1790. The van der Waals surface area contributed by atoms with Crippen molar-refractivity contribution in [3.05, 3.63) is 87.2 Å². The van der Waals surface area contributed by atoms with Crippen molar-refractivity contribution in [2.45, 2.75) is 43.9 Å². The smallest absolute Gasteiger partial charge is 0.343 e. The summed E-state index contributed by atoms with van der Waals surface area (Å²) in [7, 11) is -4.04. The second kappa shape index (κ2) is 7.99.